The Hall–Kier alpha value is -2.42. The number of carbonyl (C=O) groups excluding carboxylic acids is 2. The third-order valence-electron chi connectivity index (χ3n) is 9.58. The fourth-order valence-corrected chi connectivity index (χ4v) is 6.75. The lowest BCUT2D eigenvalue weighted by molar-refractivity contribution is -0.135. The zero-order chi connectivity index (χ0) is 33.3. The third-order valence-corrected chi connectivity index (χ3v) is 9.99. The van der Waals surface area contributed by atoms with Gasteiger partial charge in [-0.2, -0.15) is 5.10 Å². The first kappa shape index (κ1) is 37.0. The fraction of sp³-hybridized carbons (Fsp3) is 0.694. The van der Waals surface area contributed by atoms with Gasteiger partial charge in [-0.3, -0.25) is 14.3 Å². The Morgan fingerprint density at radius 2 is 1.80 bits per heavy atom. The normalized spacial score (nSPS) is 16.3. The molecule has 1 saturated carbocycles. The van der Waals surface area contributed by atoms with Gasteiger partial charge in [-0.1, -0.05) is 65.6 Å². The van der Waals surface area contributed by atoms with Crippen LogP contribution in [0.5, 0.6) is 0 Å². The third kappa shape index (κ3) is 9.32. The van der Waals surface area contributed by atoms with Gasteiger partial charge < -0.3 is 19.8 Å². The van der Waals surface area contributed by atoms with E-state index in [-0.39, 0.29) is 29.7 Å². The summed E-state index contributed by atoms with van der Waals surface area (Å²) in [6, 6.07) is 6.02. The zero-order valence-electron chi connectivity index (χ0n) is 29.2. The van der Waals surface area contributed by atoms with Gasteiger partial charge in [-0.25, -0.2) is 0 Å². The zero-order valence-corrected chi connectivity index (χ0v) is 29.9. The first-order chi connectivity index (χ1) is 21.4. The monoisotopic (exact) mass is 643 g/mol. The molecule has 1 spiro atoms. The minimum Gasteiger partial charge on any atom is -0.395 e. The molecular formula is C36H58ClN5O3. The van der Waals surface area contributed by atoms with Crippen LogP contribution in [0.3, 0.4) is 0 Å². The van der Waals surface area contributed by atoms with E-state index in [1.54, 1.807) is 11.6 Å². The van der Waals surface area contributed by atoms with E-state index in [2.05, 4.69) is 74.3 Å². The van der Waals surface area contributed by atoms with E-state index in [1.165, 1.54) is 19.3 Å². The molecule has 1 aromatic carbocycles. The Labute approximate surface area is 277 Å². The minimum absolute atomic E-state index is 0.0428. The smallest absolute Gasteiger partial charge is 0.244 e. The van der Waals surface area contributed by atoms with Crippen LogP contribution in [0.4, 0.5) is 5.69 Å². The number of Topliss-reactive ketones (excluding diaryl/α,β-unsaturated/α-hetero) is 1. The van der Waals surface area contributed by atoms with Crippen LogP contribution < -0.4 is 4.90 Å². The molecule has 2 heterocycles. The van der Waals surface area contributed by atoms with Crippen molar-refractivity contribution in [3.8, 4) is 0 Å². The van der Waals surface area contributed by atoms with E-state index in [9.17, 15) is 9.59 Å². The number of amides is 1. The first-order valence-electron chi connectivity index (χ1n) is 17.2. The molecule has 0 bridgehead atoms. The Bertz CT molecular complexity index is 1270. The van der Waals surface area contributed by atoms with Gasteiger partial charge in [0, 0.05) is 55.1 Å². The summed E-state index contributed by atoms with van der Waals surface area (Å²) < 4.78 is 1.78. The summed E-state index contributed by atoms with van der Waals surface area (Å²) in [4.78, 5) is 32.4. The minimum atomic E-state index is -0.103. The maximum absolute atomic E-state index is 13.5. The van der Waals surface area contributed by atoms with Crippen molar-refractivity contribution in [3.05, 3.63) is 45.7 Å². The number of piperazine rings is 1. The molecule has 4 rings (SSSR count). The van der Waals surface area contributed by atoms with Crippen LogP contribution in [-0.4, -0.2) is 87.8 Å². The molecular weight excluding hydrogens is 586 g/mol. The highest BCUT2D eigenvalue weighted by molar-refractivity contribution is 6.31. The van der Waals surface area contributed by atoms with Crippen molar-refractivity contribution in [2.24, 2.45) is 5.92 Å². The van der Waals surface area contributed by atoms with Crippen LogP contribution in [-0.2, 0) is 17.8 Å². The van der Waals surface area contributed by atoms with E-state index in [0.717, 1.165) is 85.4 Å². The SMILES string of the molecule is CCCN(CCO)CCC(C)CC.CCc1c(C(C)C)c(C(C)=O)nn1CC(=O)N1CCN(c2cccc(Cl)c2C)CC12CC2. The summed E-state index contributed by atoms with van der Waals surface area (Å²) in [5.74, 6) is 1.05. The van der Waals surface area contributed by atoms with Gasteiger partial charge in [-0.15, -0.1) is 0 Å². The molecule has 252 valence electrons. The van der Waals surface area contributed by atoms with E-state index >= 15 is 0 Å². The highest BCUT2D eigenvalue weighted by Gasteiger charge is 2.53. The van der Waals surface area contributed by atoms with Crippen molar-refractivity contribution in [1.29, 1.82) is 0 Å². The Balaban J connectivity index is 0.000000360. The van der Waals surface area contributed by atoms with E-state index in [1.807, 2.05) is 12.1 Å². The van der Waals surface area contributed by atoms with E-state index in [4.69, 9.17) is 16.7 Å². The summed E-state index contributed by atoms with van der Waals surface area (Å²) in [6.45, 7) is 22.4. The maximum Gasteiger partial charge on any atom is 0.244 e. The highest BCUT2D eigenvalue weighted by atomic mass is 35.5. The van der Waals surface area contributed by atoms with E-state index in [0.29, 0.717) is 18.8 Å². The molecule has 1 unspecified atom stereocenters. The van der Waals surface area contributed by atoms with Crippen LogP contribution >= 0.6 is 11.6 Å². The Morgan fingerprint density at radius 1 is 1.09 bits per heavy atom. The molecule has 2 aliphatic rings. The lowest BCUT2D eigenvalue weighted by Crippen LogP contribution is -2.58. The first-order valence-corrected chi connectivity index (χ1v) is 17.5. The van der Waals surface area contributed by atoms with Crippen molar-refractivity contribution in [2.75, 3.05) is 50.8 Å². The molecule has 1 N–H and O–H groups in total. The van der Waals surface area contributed by atoms with Gasteiger partial charge in [0.15, 0.2) is 5.78 Å². The molecule has 2 fully saturated rings. The van der Waals surface area contributed by atoms with Gasteiger partial charge in [0.05, 0.1) is 12.1 Å². The van der Waals surface area contributed by atoms with Gasteiger partial charge in [0.1, 0.15) is 12.2 Å². The summed E-state index contributed by atoms with van der Waals surface area (Å²) in [5, 5.41) is 14.2. The molecule has 1 amide bonds. The van der Waals surface area contributed by atoms with Crippen LogP contribution in [0.2, 0.25) is 5.02 Å². The lowest BCUT2D eigenvalue weighted by Gasteiger charge is -2.43. The standard InChI is InChI=1S/C25H33ClN4O2.C11H25NO/c1-6-20-23(16(2)3)24(18(5)31)27-30(20)14-22(32)29-13-12-28(15-25(29)10-11-25)21-9-7-8-19(26)17(21)4;1-4-7-12(9-10-13)8-6-11(3)5-2/h7-9,16H,6,10-15H2,1-5H3;11,13H,4-10H2,1-3H3. The quantitative estimate of drug-likeness (QED) is 0.230. The molecule has 2 aromatic rings. The molecule has 1 atom stereocenters. The second-order valence-electron chi connectivity index (χ2n) is 13.4. The van der Waals surface area contributed by atoms with Crippen molar-refractivity contribution < 1.29 is 14.7 Å². The predicted octanol–water partition coefficient (Wildman–Crippen LogP) is 6.74. The average molecular weight is 644 g/mol. The van der Waals surface area contributed by atoms with Crippen molar-refractivity contribution in [3.63, 3.8) is 0 Å². The van der Waals surface area contributed by atoms with Crippen LogP contribution in [0.25, 0.3) is 0 Å². The van der Waals surface area contributed by atoms with Crippen molar-refractivity contribution in [2.45, 2.75) is 112 Å². The second-order valence-corrected chi connectivity index (χ2v) is 13.8. The van der Waals surface area contributed by atoms with Gasteiger partial charge in [-0.05, 0) is 81.6 Å². The molecule has 8 nitrogen and oxygen atoms in total. The molecule has 9 heteroatoms. The number of benzene rings is 1. The number of ketones is 1. The van der Waals surface area contributed by atoms with Gasteiger partial charge in [0.2, 0.25) is 5.91 Å². The largest absolute Gasteiger partial charge is 0.395 e. The summed E-state index contributed by atoms with van der Waals surface area (Å²) >= 11 is 6.35. The lowest BCUT2D eigenvalue weighted by atomic mass is 9.97. The number of nitrogens with zero attached hydrogens (tertiary/aromatic N) is 5. The van der Waals surface area contributed by atoms with Crippen molar-refractivity contribution >= 4 is 29.0 Å². The second kappa shape index (κ2) is 16.9. The summed E-state index contributed by atoms with van der Waals surface area (Å²) in [6.07, 6.45) is 6.49. The molecule has 1 aliphatic heterocycles. The fourth-order valence-electron chi connectivity index (χ4n) is 6.58. The number of aliphatic hydroxyl groups excluding tert-OH is 1. The number of anilines is 1. The number of rotatable bonds is 14. The Morgan fingerprint density at radius 3 is 2.36 bits per heavy atom. The van der Waals surface area contributed by atoms with E-state index < -0.39 is 0 Å². The van der Waals surface area contributed by atoms with Gasteiger partial charge >= 0.3 is 0 Å². The van der Waals surface area contributed by atoms with Gasteiger partial charge in [0.25, 0.3) is 0 Å². The average Bonchev–Trinajstić information content (AvgIpc) is 3.65. The number of hydrogen-bond acceptors (Lipinski definition) is 6. The number of aliphatic hydroxyl groups is 1. The Kier molecular flexibility index (Phi) is 13.9. The number of hydrogen-bond donors (Lipinski definition) is 1. The molecule has 45 heavy (non-hydrogen) atoms. The molecule has 1 aromatic heterocycles. The summed E-state index contributed by atoms with van der Waals surface area (Å²) in [5.41, 5.74) is 4.63. The predicted molar refractivity (Wildman–Crippen MR) is 186 cm³/mol. The molecule has 0 radical (unpaired) electrons. The van der Waals surface area contributed by atoms with Crippen LogP contribution in [0.15, 0.2) is 18.2 Å². The molecule has 1 aliphatic carbocycles. The maximum atomic E-state index is 13.5. The number of aromatic nitrogens is 2. The number of carbonyl (C=O) groups is 2. The molecule has 1 saturated heterocycles. The van der Waals surface area contributed by atoms with Crippen LogP contribution in [0.1, 0.15) is 114 Å². The van der Waals surface area contributed by atoms with Crippen molar-refractivity contribution in [1.82, 2.24) is 19.6 Å². The van der Waals surface area contributed by atoms with Crippen LogP contribution in [0, 0.1) is 12.8 Å². The highest BCUT2D eigenvalue weighted by Crippen LogP contribution is 2.46. The summed E-state index contributed by atoms with van der Waals surface area (Å²) in [7, 11) is 0. The number of halogens is 1. The topological polar surface area (TPSA) is 81.9 Å².